The van der Waals surface area contributed by atoms with E-state index >= 15 is 0 Å². The fourth-order valence-electron chi connectivity index (χ4n) is 1.98. The van der Waals surface area contributed by atoms with Crippen molar-refractivity contribution in [3.8, 4) is 5.75 Å². The first-order valence-electron chi connectivity index (χ1n) is 7.62. The van der Waals surface area contributed by atoms with E-state index in [-0.39, 0.29) is 23.5 Å². The Hall–Kier alpha value is -2.18. The fraction of sp³-hybridized carbons (Fsp3) is 0.222. The number of halogens is 1. The van der Waals surface area contributed by atoms with Gasteiger partial charge in [-0.15, -0.1) is 11.8 Å². The molecule has 1 atom stereocenters. The standard InChI is InChI=1S/C18H19ClN2O3S/c1-12(25-16-9-5-14(19)6-10-16)18(23)21-20-17(22)11-13-3-7-15(24-2)8-4-13/h3-10,12H,11H2,1-2H3,(H,20,22)(H,21,23)/t12-/m0/s1. The van der Waals surface area contributed by atoms with Gasteiger partial charge in [-0.2, -0.15) is 0 Å². The first-order valence-corrected chi connectivity index (χ1v) is 8.87. The van der Waals surface area contributed by atoms with E-state index in [2.05, 4.69) is 10.9 Å². The molecule has 0 spiro atoms. The topological polar surface area (TPSA) is 67.4 Å². The summed E-state index contributed by atoms with van der Waals surface area (Å²) in [4.78, 5) is 24.9. The Balaban J connectivity index is 1.77. The third kappa shape index (κ3) is 6.32. The minimum absolute atomic E-state index is 0.170. The highest BCUT2D eigenvalue weighted by molar-refractivity contribution is 8.00. The molecule has 0 aliphatic heterocycles. The highest BCUT2D eigenvalue weighted by Crippen LogP contribution is 2.24. The molecule has 0 bridgehead atoms. The molecule has 0 aliphatic carbocycles. The van der Waals surface area contributed by atoms with Gasteiger partial charge < -0.3 is 4.74 Å². The van der Waals surface area contributed by atoms with Crippen molar-refractivity contribution in [3.63, 3.8) is 0 Å². The number of hydrogen-bond acceptors (Lipinski definition) is 4. The number of carbonyl (C=O) groups is 2. The highest BCUT2D eigenvalue weighted by Gasteiger charge is 2.15. The van der Waals surface area contributed by atoms with Gasteiger partial charge in [0.05, 0.1) is 18.8 Å². The lowest BCUT2D eigenvalue weighted by atomic mass is 10.1. The second kappa shape index (κ2) is 9.34. The van der Waals surface area contributed by atoms with Gasteiger partial charge in [0.2, 0.25) is 5.91 Å². The molecule has 0 radical (unpaired) electrons. The summed E-state index contributed by atoms with van der Waals surface area (Å²) in [5.41, 5.74) is 5.71. The van der Waals surface area contributed by atoms with Crippen molar-refractivity contribution in [2.45, 2.75) is 23.5 Å². The fourth-order valence-corrected chi connectivity index (χ4v) is 2.97. The third-order valence-corrected chi connectivity index (χ3v) is 4.71. The van der Waals surface area contributed by atoms with E-state index in [0.717, 1.165) is 16.2 Å². The molecule has 2 N–H and O–H groups in total. The van der Waals surface area contributed by atoms with E-state index < -0.39 is 0 Å². The molecule has 2 aromatic carbocycles. The summed E-state index contributed by atoms with van der Waals surface area (Å²) >= 11 is 7.22. The number of hydrogen-bond donors (Lipinski definition) is 2. The molecule has 25 heavy (non-hydrogen) atoms. The van der Waals surface area contributed by atoms with E-state index in [1.807, 2.05) is 12.1 Å². The Bertz CT molecular complexity index is 720. The maximum Gasteiger partial charge on any atom is 0.251 e. The smallest absolute Gasteiger partial charge is 0.251 e. The summed E-state index contributed by atoms with van der Waals surface area (Å²) in [6.45, 7) is 1.77. The van der Waals surface area contributed by atoms with Crippen molar-refractivity contribution in [1.82, 2.24) is 10.9 Å². The Morgan fingerprint density at radius 3 is 2.32 bits per heavy atom. The first kappa shape index (κ1) is 19.1. The molecule has 0 saturated carbocycles. The summed E-state index contributed by atoms with van der Waals surface area (Å²) in [5.74, 6) is 0.163. The molecule has 0 heterocycles. The van der Waals surface area contributed by atoms with E-state index in [0.29, 0.717) is 5.02 Å². The van der Waals surface area contributed by atoms with Crippen molar-refractivity contribution in [3.05, 3.63) is 59.1 Å². The van der Waals surface area contributed by atoms with Gasteiger partial charge in [0.15, 0.2) is 0 Å². The molecule has 0 aromatic heterocycles. The molecule has 0 fully saturated rings. The van der Waals surface area contributed by atoms with Crippen LogP contribution in [0.25, 0.3) is 0 Å². The first-order chi connectivity index (χ1) is 12.0. The van der Waals surface area contributed by atoms with Crippen LogP contribution in [0, 0.1) is 0 Å². The Kier molecular flexibility index (Phi) is 7.16. The van der Waals surface area contributed by atoms with Gasteiger partial charge in [-0.1, -0.05) is 23.7 Å². The predicted molar refractivity (Wildman–Crippen MR) is 99.8 cm³/mol. The molecular formula is C18H19ClN2O3S. The second-order valence-corrected chi connectivity index (χ2v) is 7.13. The van der Waals surface area contributed by atoms with Gasteiger partial charge in [0, 0.05) is 9.92 Å². The number of carbonyl (C=O) groups excluding carboxylic acids is 2. The maximum absolute atomic E-state index is 12.1. The normalized spacial score (nSPS) is 11.5. The summed E-state index contributed by atoms with van der Waals surface area (Å²) in [7, 11) is 1.58. The molecule has 2 rings (SSSR count). The molecule has 0 aliphatic rings. The monoisotopic (exact) mass is 378 g/mol. The average Bonchev–Trinajstić information content (AvgIpc) is 2.62. The average molecular weight is 379 g/mol. The number of methoxy groups -OCH3 is 1. The van der Waals surface area contributed by atoms with Crippen molar-refractivity contribution in [2.24, 2.45) is 0 Å². The quantitative estimate of drug-likeness (QED) is 0.598. The Labute approximate surface area is 156 Å². The minimum atomic E-state index is -0.359. The molecule has 2 aromatic rings. The van der Waals surface area contributed by atoms with Crippen LogP contribution in [0.15, 0.2) is 53.4 Å². The lowest BCUT2D eigenvalue weighted by molar-refractivity contribution is -0.128. The Morgan fingerprint density at radius 2 is 1.72 bits per heavy atom. The van der Waals surface area contributed by atoms with E-state index in [4.69, 9.17) is 16.3 Å². The lowest BCUT2D eigenvalue weighted by Gasteiger charge is -2.13. The van der Waals surface area contributed by atoms with Crippen LogP contribution in [0.5, 0.6) is 5.75 Å². The molecule has 2 amide bonds. The number of nitrogens with one attached hydrogen (secondary N) is 2. The van der Waals surface area contributed by atoms with E-state index in [1.165, 1.54) is 11.8 Å². The van der Waals surface area contributed by atoms with Gasteiger partial charge in [0.1, 0.15) is 5.75 Å². The number of amides is 2. The minimum Gasteiger partial charge on any atom is -0.497 e. The molecule has 0 saturated heterocycles. The molecule has 132 valence electrons. The van der Waals surface area contributed by atoms with Gasteiger partial charge in [-0.25, -0.2) is 0 Å². The van der Waals surface area contributed by atoms with Crippen LogP contribution >= 0.6 is 23.4 Å². The summed E-state index contributed by atoms with van der Waals surface area (Å²) in [6.07, 6.45) is 0.170. The molecule has 0 unspecified atom stereocenters. The second-order valence-electron chi connectivity index (χ2n) is 5.28. The molecule has 5 nitrogen and oxygen atoms in total. The van der Waals surface area contributed by atoms with Gasteiger partial charge in [-0.3, -0.25) is 20.4 Å². The van der Waals surface area contributed by atoms with Crippen molar-refractivity contribution in [2.75, 3.05) is 7.11 Å². The van der Waals surface area contributed by atoms with E-state index in [1.54, 1.807) is 50.4 Å². The number of benzene rings is 2. The summed E-state index contributed by atoms with van der Waals surface area (Å²) < 4.78 is 5.07. The van der Waals surface area contributed by atoms with Crippen LogP contribution in [-0.4, -0.2) is 24.2 Å². The van der Waals surface area contributed by atoms with Crippen molar-refractivity contribution in [1.29, 1.82) is 0 Å². The zero-order valence-corrected chi connectivity index (χ0v) is 15.5. The van der Waals surface area contributed by atoms with Crippen molar-refractivity contribution < 1.29 is 14.3 Å². The summed E-state index contributed by atoms with van der Waals surface area (Å²) in [6, 6.07) is 14.4. The van der Waals surface area contributed by atoms with Crippen LogP contribution in [0.2, 0.25) is 5.02 Å². The zero-order chi connectivity index (χ0) is 18.2. The Morgan fingerprint density at radius 1 is 1.08 bits per heavy atom. The number of rotatable bonds is 6. The molecular weight excluding hydrogens is 360 g/mol. The van der Waals surface area contributed by atoms with E-state index in [9.17, 15) is 9.59 Å². The maximum atomic E-state index is 12.1. The number of hydrazine groups is 1. The van der Waals surface area contributed by atoms with Gasteiger partial charge in [-0.05, 0) is 48.9 Å². The zero-order valence-electron chi connectivity index (χ0n) is 13.9. The van der Waals surface area contributed by atoms with Crippen LogP contribution in [0.1, 0.15) is 12.5 Å². The summed E-state index contributed by atoms with van der Waals surface area (Å²) in [5, 5.41) is 0.287. The largest absolute Gasteiger partial charge is 0.497 e. The highest BCUT2D eigenvalue weighted by atomic mass is 35.5. The number of ether oxygens (including phenoxy) is 1. The van der Waals surface area contributed by atoms with Crippen LogP contribution in [0.3, 0.4) is 0 Å². The van der Waals surface area contributed by atoms with Gasteiger partial charge in [0.25, 0.3) is 5.91 Å². The third-order valence-electron chi connectivity index (χ3n) is 3.34. The van der Waals surface area contributed by atoms with Crippen LogP contribution in [-0.2, 0) is 16.0 Å². The van der Waals surface area contributed by atoms with Crippen LogP contribution < -0.4 is 15.6 Å². The molecule has 7 heteroatoms. The van der Waals surface area contributed by atoms with Gasteiger partial charge >= 0.3 is 0 Å². The van der Waals surface area contributed by atoms with Crippen LogP contribution in [0.4, 0.5) is 0 Å². The van der Waals surface area contributed by atoms with Crippen molar-refractivity contribution >= 4 is 35.2 Å². The predicted octanol–water partition coefficient (Wildman–Crippen LogP) is 3.22. The lowest BCUT2D eigenvalue weighted by Crippen LogP contribution is -2.45. The SMILES string of the molecule is COc1ccc(CC(=O)NNC(=O)[C@H](C)Sc2ccc(Cl)cc2)cc1. The number of thioether (sulfide) groups is 1.